The number of anilines is 8. The second-order valence-corrected chi connectivity index (χ2v) is 38.0. The van der Waals surface area contributed by atoms with Crippen molar-refractivity contribution >= 4 is 118 Å². The first-order chi connectivity index (χ1) is 62.1. The van der Waals surface area contributed by atoms with Crippen molar-refractivity contribution in [3.63, 3.8) is 0 Å². The smallest absolute Gasteiger partial charge is 0.326 e. The van der Waals surface area contributed by atoms with Gasteiger partial charge >= 0.3 is 24.1 Å². The van der Waals surface area contributed by atoms with Crippen LogP contribution in [-0.2, 0) is 5.54 Å². The van der Waals surface area contributed by atoms with Crippen molar-refractivity contribution in [1.29, 1.82) is 0 Å². The molecule has 4 aliphatic heterocycles. The number of rotatable bonds is 24. The minimum absolute atomic E-state index is 0.00519. The number of carbonyl (C=O) groups is 4. The van der Waals surface area contributed by atoms with Crippen LogP contribution in [0.1, 0.15) is 169 Å². The molecule has 0 bridgehead atoms. The maximum absolute atomic E-state index is 13.8. The first-order valence-electron chi connectivity index (χ1n) is 43.7. The molecular weight excluding hydrogens is 1730 g/mol. The molecule has 4 aromatic carbocycles. The third kappa shape index (κ3) is 19.1. The molecule has 7 fully saturated rings. The van der Waals surface area contributed by atoms with Gasteiger partial charge in [0.15, 0.2) is 0 Å². The molecule has 130 heavy (non-hydrogen) atoms. The van der Waals surface area contributed by atoms with Crippen LogP contribution < -0.4 is 51.5 Å². The highest BCUT2D eigenvalue weighted by Crippen LogP contribution is 2.54. The maximum atomic E-state index is 13.8. The van der Waals surface area contributed by atoms with Crippen molar-refractivity contribution in [2.45, 2.75) is 193 Å². The van der Waals surface area contributed by atoms with Gasteiger partial charge in [-0.05, 0) is 212 Å². The number of benzene rings is 4. The summed E-state index contributed by atoms with van der Waals surface area (Å²) in [6.07, 6.45) is 27.2. The van der Waals surface area contributed by atoms with Gasteiger partial charge in [-0.15, -0.1) is 0 Å². The fraction of sp³-hybridized carbons (Fsp3) is 0.398. The van der Waals surface area contributed by atoms with Crippen LogP contribution in [0.5, 0.6) is 0 Å². The lowest BCUT2D eigenvalue weighted by Gasteiger charge is -2.33. The zero-order valence-corrected chi connectivity index (χ0v) is 78.1. The third-order valence-electron chi connectivity index (χ3n) is 25.0. The van der Waals surface area contributed by atoms with Crippen LogP contribution >= 0.6 is 46.4 Å². The number of hydrogen-bond donors (Lipinski definition) is 6. The molecule has 37 heteroatoms. The van der Waals surface area contributed by atoms with E-state index in [0.717, 1.165) is 78.4 Å². The normalized spacial score (nSPS) is 19.5. The number of hydrogen-bond acceptors (Lipinski definition) is 20. The van der Waals surface area contributed by atoms with Gasteiger partial charge in [0.25, 0.3) is 0 Å². The standard InChI is InChI=1S/C24H28ClN7O.C23H25ClFN7O.C23H26ClN7O.C23H28ClN7O/c1-15(2)21-24(10-11-24)30(4)23(33)32(21)20-9-12-26-22(29-20)28-16(3)19-13-31(14-27-19)18-7-5-17(25)6-8-18;1-14(2)18-11-30(3)22(33)32(18)20-4-7-26-21(28-20)29-23(5-6-23)19-12-31(13-27-19)17-9-15(24)8-16(25)10-17;1-14(2)20-23(9-10-23)29-22(32)31(20)19-8-11-25-21(28-19)27-15(3)18-12-30(13-26-18)17-6-4-16(24)5-7-17;1-14(2)20-23(4,5)29-22(32)31(20)19-10-11-25-21(28-19)27-15(3)18-12-30(13-26-18)17-8-6-16(24)7-9-17/h5-9,12-16,21H,10-11H2,1-4H3,(H,26,28,29);4,7-10,12-14,18H,5-6,11H2,1-3H3,(H,26,28,29);4-8,11-15,20H,9-10H2,1-3H3,(H,29,32)(H,25,27,28);6-15,20H,1-5H3,(H,29,32)(H,25,27,28)/t16-,21-;18-;2*15-,20-/m0100/s1. The average Bonchev–Trinajstić information content (AvgIpc) is 1.56. The maximum Gasteiger partial charge on any atom is 0.326 e. The molecule has 12 heterocycles. The van der Waals surface area contributed by atoms with Gasteiger partial charge in [-0.3, -0.25) is 19.6 Å². The molecular formula is C93H107Cl4FN28O4. The Hall–Kier alpha value is -12.6. The topological polar surface area (TPSA) is 334 Å². The van der Waals surface area contributed by atoms with E-state index >= 15 is 0 Å². The predicted octanol–water partition coefficient (Wildman–Crippen LogP) is 18.8. The lowest BCUT2D eigenvalue weighted by Crippen LogP contribution is -2.48. The molecule has 7 atom stereocenters. The summed E-state index contributed by atoms with van der Waals surface area (Å²) in [6, 6.07) is 33.8. The lowest BCUT2D eigenvalue weighted by atomic mass is 9.87. The molecule has 7 aliphatic rings. The van der Waals surface area contributed by atoms with Gasteiger partial charge in [-0.2, -0.15) is 19.9 Å². The molecule has 3 aliphatic carbocycles. The Morgan fingerprint density at radius 1 is 0.408 bits per heavy atom. The quantitative estimate of drug-likeness (QED) is 0.0327. The first kappa shape index (κ1) is 90.7. The van der Waals surface area contributed by atoms with E-state index in [-0.39, 0.29) is 89.0 Å². The van der Waals surface area contributed by atoms with Gasteiger partial charge < -0.3 is 60.0 Å². The summed E-state index contributed by atoms with van der Waals surface area (Å²) in [5.74, 6) is 4.99. The van der Waals surface area contributed by atoms with Crippen LogP contribution in [0.3, 0.4) is 0 Å². The van der Waals surface area contributed by atoms with Crippen LogP contribution in [0.2, 0.25) is 20.1 Å². The summed E-state index contributed by atoms with van der Waals surface area (Å²) in [6.45, 7) is 27.8. The van der Waals surface area contributed by atoms with Crippen molar-refractivity contribution in [2.75, 3.05) is 61.5 Å². The highest BCUT2D eigenvalue weighted by Gasteiger charge is 2.65. The van der Waals surface area contributed by atoms with Crippen molar-refractivity contribution in [2.24, 2.45) is 23.7 Å². The number of aromatic nitrogens is 16. The van der Waals surface area contributed by atoms with Gasteiger partial charge in [0, 0.05) is 107 Å². The first-order valence-corrected chi connectivity index (χ1v) is 45.2. The van der Waals surface area contributed by atoms with Crippen molar-refractivity contribution in [3.8, 4) is 22.7 Å². The van der Waals surface area contributed by atoms with Gasteiger partial charge in [0.2, 0.25) is 23.8 Å². The summed E-state index contributed by atoms with van der Waals surface area (Å²) in [5.41, 5.74) is 5.97. The van der Waals surface area contributed by atoms with Crippen LogP contribution in [-0.4, -0.2) is 173 Å². The van der Waals surface area contributed by atoms with Gasteiger partial charge in [-0.1, -0.05) is 102 Å². The highest BCUT2D eigenvalue weighted by atomic mass is 35.5. The number of carbonyl (C=O) groups excluding carboxylic acids is 4. The van der Waals surface area contributed by atoms with Crippen molar-refractivity contribution < 1.29 is 23.6 Å². The average molecular weight is 1840 g/mol. The van der Waals surface area contributed by atoms with Crippen LogP contribution in [0.15, 0.2) is 190 Å². The van der Waals surface area contributed by atoms with E-state index in [1.807, 2.05) is 169 Å². The molecule has 2 spiro atoms. The van der Waals surface area contributed by atoms with Crippen molar-refractivity contribution in [3.05, 3.63) is 239 Å². The Balaban J connectivity index is 0.000000127. The molecule has 8 amide bonds. The van der Waals surface area contributed by atoms with Crippen LogP contribution in [0, 0.1) is 29.5 Å². The van der Waals surface area contributed by atoms with Crippen LogP contribution in [0.4, 0.5) is 70.6 Å². The fourth-order valence-electron chi connectivity index (χ4n) is 18.2. The molecule has 0 unspecified atom stereocenters. The summed E-state index contributed by atoms with van der Waals surface area (Å²) in [7, 11) is 3.71. The minimum atomic E-state index is -0.404. The largest absolute Gasteiger partial charge is 0.346 e. The Bertz CT molecular complexity index is 5910. The molecule has 12 aromatic rings. The van der Waals surface area contributed by atoms with Gasteiger partial charge in [0.05, 0.1) is 118 Å². The molecule has 19 rings (SSSR count). The highest BCUT2D eigenvalue weighted by molar-refractivity contribution is 6.31. The number of likely N-dealkylation sites (N-methyl/N-ethyl adjacent to an activating group) is 2. The molecule has 6 N–H and O–H groups in total. The fourth-order valence-corrected chi connectivity index (χ4v) is 18.8. The molecule has 0 radical (unpaired) electrons. The SMILES string of the molecule is CC(C)[C@@H]1N(c2ccnc(N[C@@H](C)c3cn(-c4ccc(Cl)cc4)cn3)n2)C(=O)N(C)C12CC2.CC(C)[C@@H]1N(c2ccnc(N[C@@H](C)c3cn(-c4ccc(Cl)cc4)cn3)n2)C(=O)NC1(C)C.CC(C)[C@@H]1N(c2ccnc(N[C@@H](C)c3cn(-c4ccc(Cl)cc4)cn3)n2)C(=O)NC12CC2.CC(C)[C@H]1CN(C)C(=O)N1c1ccnc(NC2(c3cn(-c4cc(F)cc(Cl)c4)cn3)CC2)n1. The summed E-state index contributed by atoms with van der Waals surface area (Å²) >= 11 is 24.0. The zero-order valence-electron chi connectivity index (χ0n) is 75.1. The van der Waals surface area contributed by atoms with E-state index in [2.05, 4.69) is 142 Å². The number of nitrogens with one attached hydrogen (secondary N) is 6. The van der Waals surface area contributed by atoms with E-state index in [1.54, 1.807) is 106 Å². The second kappa shape index (κ2) is 36.7. The Labute approximate surface area is 774 Å². The minimum Gasteiger partial charge on any atom is -0.346 e. The molecule has 8 aromatic heterocycles. The second-order valence-electron chi connectivity index (χ2n) is 36.3. The monoisotopic (exact) mass is 1840 g/mol. The number of halogens is 5. The van der Waals surface area contributed by atoms with Gasteiger partial charge in [0.1, 0.15) is 29.1 Å². The van der Waals surface area contributed by atoms with E-state index in [4.69, 9.17) is 51.4 Å². The molecule has 4 saturated heterocycles. The summed E-state index contributed by atoms with van der Waals surface area (Å²) in [4.78, 5) is 116. The van der Waals surface area contributed by atoms with Crippen LogP contribution in [0.25, 0.3) is 22.7 Å². The molecule has 3 saturated carbocycles. The number of urea groups is 4. The Morgan fingerprint density at radius 2 is 0.808 bits per heavy atom. The molecule has 32 nitrogen and oxygen atoms in total. The zero-order chi connectivity index (χ0) is 92.2. The van der Waals surface area contributed by atoms with E-state index < -0.39 is 11.4 Å². The van der Waals surface area contributed by atoms with E-state index in [9.17, 15) is 23.6 Å². The molecule has 678 valence electrons. The Kier molecular flexibility index (Phi) is 25.7. The number of amides is 8. The van der Waals surface area contributed by atoms with E-state index in [1.165, 1.54) is 12.1 Å². The summed E-state index contributed by atoms with van der Waals surface area (Å²) < 4.78 is 21.3. The predicted molar refractivity (Wildman–Crippen MR) is 504 cm³/mol. The number of imidazole rings is 4. The Morgan fingerprint density at radius 3 is 1.22 bits per heavy atom. The third-order valence-corrected chi connectivity index (χ3v) is 26.0. The number of nitrogens with zero attached hydrogens (tertiary/aromatic N) is 22. The lowest BCUT2D eigenvalue weighted by molar-refractivity contribution is 0.209. The van der Waals surface area contributed by atoms with E-state index in [0.29, 0.717) is 97.1 Å². The summed E-state index contributed by atoms with van der Waals surface area (Å²) in [5, 5.41) is 22.0. The van der Waals surface area contributed by atoms with Gasteiger partial charge in [-0.25, -0.2) is 63.4 Å². The van der Waals surface area contributed by atoms with Crippen molar-refractivity contribution in [1.82, 2.24) is 98.5 Å².